The van der Waals surface area contributed by atoms with Crippen molar-refractivity contribution in [1.82, 2.24) is 4.98 Å². The Balaban J connectivity index is 1.47. The molecule has 2 heterocycles. The summed E-state index contributed by atoms with van der Waals surface area (Å²) in [5.41, 5.74) is 5.77. The molecule has 1 unspecified atom stereocenters. The molecular formula is C30H33N3O4. The lowest BCUT2D eigenvalue weighted by molar-refractivity contribution is -0.137. The second-order valence-corrected chi connectivity index (χ2v) is 9.92. The van der Waals surface area contributed by atoms with Crippen LogP contribution in [0.3, 0.4) is 0 Å². The molecule has 4 rings (SSSR count). The van der Waals surface area contributed by atoms with E-state index in [9.17, 15) is 15.2 Å². The van der Waals surface area contributed by atoms with Crippen LogP contribution in [0.25, 0.3) is 5.57 Å². The second-order valence-electron chi connectivity index (χ2n) is 9.92. The first-order chi connectivity index (χ1) is 17.7. The minimum absolute atomic E-state index is 0.00177. The van der Waals surface area contributed by atoms with E-state index < -0.39 is 12.2 Å². The summed E-state index contributed by atoms with van der Waals surface area (Å²) < 4.78 is 5.98. The Labute approximate surface area is 217 Å². The molecule has 3 N–H and O–H groups in total. The number of anilines is 1. The van der Waals surface area contributed by atoms with Gasteiger partial charge in [-0.05, 0) is 86.1 Å². The first-order valence-corrected chi connectivity index (χ1v) is 12.6. The van der Waals surface area contributed by atoms with Gasteiger partial charge in [-0.1, -0.05) is 24.8 Å². The van der Waals surface area contributed by atoms with Gasteiger partial charge in [0.2, 0.25) is 0 Å². The van der Waals surface area contributed by atoms with Gasteiger partial charge in [0, 0.05) is 35.3 Å². The number of rotatable bonds is 10. The normalized spacial score (nSPS) is 21.4. The van der Waals surface area contributed by atoms with Crippen LogP contribution in [0.2, 0.25) is 0 Å². The zero-order chi connectivity index (χ0) is 26.6. The van der Waals surface area contributed by atoms with Gasteiger partial charge in [0.1, 0.15) is 12.0 Å². The molecule has 0 bridgehead atoms. The van der Waals surface area contributed by atoms with Crippen molar-refractivity contribution in [2.75, 3.05) is 11.9 Å². The maximum absolute atomic E-state index is 11.2. The molecule has 1 fully saturated rings. The number of carboxylic acid groups (broad SMARTS) is 1. The highest BCUT2D eigenvalue weighted by molar-refractivity contribution is 5.72. The Bertz CT molecular complexity index is 1290. The maximum Gasteiger partial charge on any atom is 0.303 e. The number of aromatic nitrogens is 1. The number of pyridine rings is 1. The van der Waals surface area contributed by atoms with Crippen molar-refractivity contribution in [3.8, 4) is 6.07 Å². The molecule has 2 aliphatic rings. The molecular weight excluding hydrogens is 466 g/mol. The highest BCUT2D eigenvalue weighted by atomic mass is 16.5. The van der Waals surface area contributed by atoms with Crippen LogP contribution in [0.4, 0.5) is 5.69 Å². The number of hydrogen-bond donors (Lipinski definition) is 3. The number of nitrogens with zero attached hydrogens (tertiary/aromatic N) is 2. The van der Waals surface area contributed by atoms with E-state index in [2.05, 4.69) is 29.9 Å². The zero-order valence-corrected chi connectivity index (χ0v) is 21.3. The lowest BCUT2D eigenvalue weighted by atomic mass is 9.87. The van der Waals surface area contributed by atoms with Crippen molar-refractivity contribution in [1.29, 1.82) is 5.26 Å². The van der Waals surface area contributed by atoms with Gasteiger partial charge in [0.25, 0.3) is 0 Å². The summed E-state index contributed by atoms with van der Waals surface area (Å²) in [5, 5.41) is 32.7. The first kappa shape index (κ1) is 26.2. The monoisotopic (exact) mass is 499 g/mol. The highest BCUT2D eigenvalue weighted by Crippen LogP contribution is 2.63. The number of allylic oxidation sites excluding steroid dienone is 4. The molecule has 1 saturated carbocycles. The van der Waals surface area contributed by atoms with Crippen LogP contribution in [0, 0.1) is 29.6 Å². The largest absolute Gasteiger partial charge is 0.494 e. The predicted octanol–water partition coefficient (Wildman–Crippen LogP) is 5.37. The smallest absolute Gasteiger partial charge is 0.303 e. The van der Waals surface area contributed by atoms with Crippen LogP contribution in [-0.4, -0.2) is 34.0 Å². The van der Waals surface area contributed by atoms with E-state index in [1.807, 2.05) is 43.5 Å². The summed E-state index contributed by atoms with van der Waals surface area (Å²) >= 11 is 0. The molecule has 7 nitrogen and oxygen atoms in total. The number of aliphatic hydroxyl groups excluding tert-OH is 1. The van der Waals surface area contributed by atoms with Gasteiger partial charge < -0.3 is 20.3 Å². The Morgan fingerprint density at radius 1 is 1.38 bits per heavy atom. The highest BCUT2D eigenvalue weighted by Gasteiger charge is 2.60. The number of hydrogen-bond acceptors (Lipinski definition) is 6. The summed E-state index contributed by atoms with van der Waals surface area (Å²) in [6.45, 7) is 8.73. The number of aliphatic carboxylic acids is 1. The van der Waals surface area contributed by atoms with E-state index in [0.717, 1.165) is 46.6 Å². The molecule has 2 aromatic rings. The molecule has 1 aromatic heterocycles. The standard InChI is InChI=1S/C30H33N3O4/c1-19(24-10-8-20(2)32-18-24)7-12-27-21(3)30(13-14-37-27)16-25(30)29(36)33-26-15-22(17-31)9-11-23(26)5-4-6-28(34)35/h7-12,15,18,25,29,33,36H,1,4-6,13-14,16H2,2-3H3,(H,34,35)/b12-7-/t25-,29?,30-/m0/s1. The third kappa shape index (κ3) is 5.92. The number of carboxylic acids is 1. The van der Waals surface area contributed by atoms with Gasteiger partial charge in [-0.3, -0.25) is 9.78 Å². The maximum atomic E-state index is 11.2. The quantitative estimate of drug-likeness (QED) is 0.297. The number of carbonyl (C=O) groups is 1. The topological polar surface area (TPSA) is 115 Å². The number of aryl methyl sites for hydroxylation is 2. The molecule has 0 radical (unpaired) electrons. The van der Waals surface area contributed by atoms with Crippen LogP contribution < -0.4 is 5.32 Å². The summed E-state index contributed by atoms with van der Waals surface area (Å²) in [4.78, 5) is 15.3. The zero-order valence-electron chi connectivity index (χ0n) is 21.3. The number of nitriles is 1. The summed E-state index contributed by atoms with van der Waals surface area (Å²) in [6, 6.07) is 11.4. The summed E-state index contributed by atoms with van der Waals surface area (Å²) in [6.07, 6.45) is 7.65. The molecule has 0 amide bonds. The van der Waals surface area contributed by atoms with Gasteiger partial charge in [-0.15, -0.1) is 0 Å². The Morgan fingerprint density at radius 2 is 2.19 bits per heavy atom. The molecule has 1 aromatic carbocycles. The fourth-order valence-electron chi connectivity index (χ4n) is 5.14. The van der Waals surface area contributed by atoms with E-state index in [4.69, 9.17) is 9.84 Å². The number of nitrogens with one attached hydrogen (secondary N) is 1. The number of benzene rings is 1. The van der Waals surface area contributed by atoms with Gasteiger partial charge in [-0.2, -0.15) is 5.26 Å². The lowest BCUT2D eigenvalue weighted by Crippen LogP contribution is -2.28. The Morgan fingerprint density at radius 3 is 2.89 bits per heavy atom. The molecule has 1 spiro atoms. The van der Waals surface area contributed by atoms with E-state index in [1.54, 1.807) is 12.1 Å². The van der Waals surface area contributed by atoms with Crippen LogP contribution in [0.1, 0.15) is 55.0 Å². The SMILES string of the molecule is C=C(/C=C\C1=C(C)[C@]2(CCO1)C[C@H]2C(O)Nc1cc(C#N)ccc1CCCC(=O)O)c1ccc(C)nc1. The fourth-order valence-corrected chi connectivity index (χ4v) is 5.14. The average molecular weight is 500 g/mol. The minimum Gasteiger partial charge on any atom is -0.494 e. The van der Waals surface area contributed by atoms with Crippen LogP contribution in [-0.2, 0) is 16.0 Å². The Hall–Kier alpha value is -3.89. The van der Waals surface area contributed by atoms with Crippen molar-refractivity contribution in [2.24, 2.45) is 11.3 Å². The first-order valence-electron chi connectivity index (χ1n) is 12.6. The minimum atomic E-state index is -0.839. The predicted molar refractivity (Wildman–Crippen MR) is 142 cm³/mol. The van der Waals surface area contributed by atoms with Crippen molar-refractivity contribution in [3.05, 3.63) is 89.0 Å². The summed E-state index contributed by atoms with van der Waals surface area (Å²) in [7, 11) is 0. The molecule has 1 aliphatic carbocycles. The summed E-state index contributed by atoms with van der Waals surface area (Å²) in [5.74, 6) is -0.0289. The van der Waals surface area contributed by atoms with Crippen LogP contribution >= 0.6 is 0 Å². The van der Waals surface area contributed by atoms with Gasteiger partial charge in [0.05, 0.1) is 18.2 Å². The third-order valence-corrected chi connectivity index (χ3v) is 7.53. The molecule has 0 saturated heterocycles. The molecule has 192 valence electrons. The number of aliphatic hydroxyl groups is 1. The number of ether oxygens (including phenoxy) is 1. The van der Waals surface area contributed by atoms with Gasteiger partial charge in [-0.25, -0.2) is 0 Å². The van der Waals surface area contributed by atoms with Crippen molar-refractivity contribution < 1.29 is 19.7 Å². The van der Waals surface area contributed by atoms with E-state index in [0.29, 0.717) is 30.7 Å². The molecule has 1 aliphatic heterocycles. The second kappa shape index (κ2) is 11.0. The Kier molecular flexibility index (Phi) is 7.80. The van der Waals surface area contributed by atoms with E-state index >= 15 is 0 Å². The van der Waals surface area contributed by atoms with Crippen molar-refractivity contribution >= 4 is 17.2 Å². The van der Waals surface area contributed by atoms with Gasteiger partial charge >= 0.3 is 5.97 Å². The lowest BCUT2D eigenvalue weighted by Gasteiger charge is -2.29. The van der Waals surface area contributed by atoms with Crippen molar-refractivity contribution in [2.45, 2.75) is 52.2 Å². The molecule has 37 heavy (non-hydrogen) atoms. The average Bonchev–Trinajstić information content (AvgIpc) is 3.61. The van der Waals surface area contributed by atoms with E-state index in [1.165, 1.54) is 0 Å². The van der Waals surface area contributed by atoms with Crippen LogP contribution in [0.15, 0.2) is 66.6 Å². The van der Waals surface area contributed by atoms with Gasteiger partial charge in [0.15, 0.2) is 0 Å². The van der Waals surface area contributed by atoms with Crippen molar-refractivity contribution in [3.63, 3.8) is 0 Å². The molecule has 7 heteroatoms. The molecule has 3 atom stereocenters. The third-order valence-electron chi connectivity index (χ3n) is 7.53. The fraction of sp³-hybridized carbons (Fsp3) is 0.367. The van der Waals surface area contributed by atoms with E-state index in [-0.39, 0.29) is 17.8 Å². The van der Waals surface area contributed by atoms with Crippen LogP contribution in [0.5, 0.6) is 0 Å².